The minimum absolute atomic E-state index is 0.122. The van der Waals surface area contributed by atoms with Gasteiger partial charge in [0.2, 0.25) is 0 Å². The van der Waals surface area contributed by atoms with E-state index in [1.807, 2.05) is 4.90 Å². The SMILES string of the molecule is Cc1cccc(Nc2ncc(C(=O)N3CCOCC3)c3c2C2CCC3C2)c1. The van der Waals surface area contributed by atoms with Crippen molar-refractivity contribution in [3.8, 4) is 0 Å². The minimum Gasteiger partial charge on any atom is -0.378 e. The lowest BCUT2D eigenvalue weighted by Crippen LogP contribution is -2.41. The molecule has 2 bridgehead atoms. The highest BCUT2D eigenvalue weighted by molar-refractivity contribution is 5.97. The third-order valence-electron chi connectivity index (χ3n) is 6.22. The van der Waals surface area contributed by atoms with Crippen molar-refractivity contribution in [3.63, 3.8) is 0 Å². The lowest BCUT2D eigenvalue weighted by Gasteiger charge is -2.29. The predicted octanol–water partition coefficient (Wildman–Crippen LogP) is 3.97. The van der Waals surface area contributed by atoms with Gasteiger partial charge in [-0.2, -0.15) is 0 Å². The van der Waals surface area contributed by atoms with Crippen LogP contribution in [0.15, 0.2) is 30.5 Å². The smallest absolute Gasteiger partial charge is 0.255 e. The number of nitrogens with one attached hydrogen (secondary N) is 1. The summed E-state index contributed by atoms with van der Waals surface area (Å²) in [5, 5.41) is 3.52. The van der Waals surface area contributed by atoms with Crippen molar-refractivity contribution in [2.45, 2.75) is 38.0 Å². The molecule has 2 fully saturated rings. The molecule has 2 aliphatic carbocycles. The highest BCUT2D eigenvalue weighted by atomic mass is 16.5. The van der Waals surface area contributed by atoms with Crippen LogP contribution in [-0.4, -0.2) is 42.1 Å². The molecule has 1 aromatic heterocycles. The molecule has 2 atom stereocenters. The van der Waals surface area contributed by atoms with Crippen LogP contribution in [-0.2, 0) is 4.74 Å². The Morgan fingerprint density at radius 1 is 1.19 bits per heavy atom. The largest absolute Gasteiger partial charge is 0.378 e. The zero-order valence-electron chi connectivity index (χ0n) is 15.7. The fourth-order valence-electron chi connectivity index (χ4n) is 4.97. The number of morpholine rings is 1. The molecular formula is C22H25N3O2. The summed E-state index contributed by atoms with van der Waals surface area (Å²) in [7, 11) is 0. The number of carbonyl (C=O) groups is 1. The molecule has 1 saturated carbocycles. The molecule has 140 valence electrons. The number of aryl methyl sites for hydroxylation is 1. The van der Waals surface area contributed by atoms with Crippen molar-refractivity contribution in [2.24, 2.45) is 0 Å². The minimum atomic E-state index is 0.122. The molecule has 5 nitrogen and oxygen atoms in total. The molecule has 2 heterocycles. The normalized spacial score (nSPS) is 23.4. The number of hydrogen-bond donors (Lipinski definition) is 1. The molecule has 1 aromatic carbocycles. The molecule has 5 heteroatoms. The number of fused-ring (bicyclic) bond motifs is 5. The highest BCUT2D eigenvalue weighted by Gasteiger charge is 2.42. The van der Waals surface area contributed by atoms with E-state index in [0.29, 0.717) is 38.1 Å². The average molecular weight is 363 g/mol. The van der Waals surface area contributed by atoms with Gasteiger partial charge in [-0.15, -0.1) is 0 Å². The van der Waals surface area contributed by atoms with E-state index in [0.717, 1.165) is 23.5 Å². The summed E-state index contributed by atoms with van der Waals surface area (Å²) in [4.78, 5) is 19.8. The van der Waals surface area contributed by atoms with E-state index in [4.69, 9.17) is 9.72 Å². The lowest BCUT2D eigenvalue weighted by atomic mass is 9.88. The van der Waals surface area contributed by atoms with Gasteiger partial charge < -0.3 is 15.0 Å². The second-order valence-electron chi connectivity index (χ2n) is 7.95. The van der Waals surface area contributed by atoms with Crippen LogP contribution in [0.1, 0.15) is 58.1 Å². The van der Waals surface area contributed by atoms with Gasteiger partial charge in [-0.05, 0) is 61.3 Å². The van der Waals surface area contributed by atoms with Crippen LogP contribution in [0, 0.1) is 6.92 Å². The van der Waals surface area contributed by atoms with Crippen LogP contribution in [0.3, 0.4) is 0 Å². The zero-order valence-corrected chi connectivity index (χ0v) is 15.7. The van der Waals surface area contributed by atoms with E-state index in [1.165, 1.54) is 29.5 Å². The summed E-state index contributed by atoms with van der Waals surface area (Å²) in [5.74, 6) is 2.09. The van der Waals surface area contributed by atoms with Crippen LogP contribution in [0.2, 0.25) is 0 Å². The molecule has 3 aliphatic rings. The van der Waals surface area contributed by atoms with E-state index in [1.54, 1.807) is 6.20 Å². The second kappa shape index (κ2) is 6.64. The van der Waals surface area contributed by atoms with Crippen molar-refractivity contribution < 1.29 is 9.53 Å². The van der Waals surface area contributed by atoms with E-state index in [-0.39, 0.29) is 5.91 Å². The average Bonchev–Trinajstić information content (AvgIpc) is 3.31. The number of carbonyl (C=O) groups excluding carboxylic acids is 1. The van der Waals surface area contributed by atoms with Crippen molar-refractivity contribution in [1.29, 1.82) is 0 Å². The maximum atomic E-state index is 13.2. The van der Waals surface area contributed by atoms with E-state index >= 15 is 0 Å². The molecule has 2 unspecified atom stereocenters. The summed E-state index contributed by atoms with van der Waals surface area (Å²) in [6, 6.07) is 8.35. The number of nitrogens with zero attached hydrogens (tertiary/aromatic N) is 2. The van der Waals surface area contributed by atoms with Gasteiger partial charge in [0.1, 0.15) is 5.82 Å². The summed E-state index contributed by atoms with van der Waals surface area (Å²) < 4.78 is 5.40. The van der Waals surface area contributed by atoms with Crippen molar-refractivity contribution in [2.75, 3.05) is 31.6 Å². The number of aromatic nitrogens is 1. The summed E-state index contributed by atoms with van der Waals surface area (Å²) >= 11 is 0. The number of benzene rings is 1. The Morgan fingerprint density at radius 3 is 2.74 bits per heavy atom. The first-order valence-electron chi connectivity index (χ1n) is 9.94. The van der Waals surface area contributed by atoms with E-state index < -0.39 is 0 Å². The van der Waals surface area contributed by atoms with E-state index in [2.05, 4.69) is 36.5 Å². The summed E-state index contributed by atoms with van der Waals surface area (Å²) in [6.45, 7) is 4.69. The van der Waals surface area contributed by atoms with Crippen molar-refractivity contribution in [3.05, 3.63) is 52.7 Å². The Bertz CT molecular complexity index is 889. The van der Waals surface area contributed by atoms with Crippen LogP contribution >= 0.6 is 0 Å². The van der Waals surface area contributed by atoms with Gasteiger partial charge in [0.05, 0.1) is 18.8 Å². The fraction of sp³-hybridized carbons (Fsp3) is 0.455. The monoisotopic (exact) mass is 363 g/mol. The van der Waals surface area contributed by atoms with Crippen LogP contribution in [0.25, 0.3) is 0 Å². The standard InChI is InChI=1S/C22H25N3O2/c1-14-3-2-4-17(11-14)24-21-20-16-6-5-15(12-16)19(20)18(13-23-21)22(26)25-7-9-27-10-8-25/h2-4,11,13,15-16H,5-10,12H2,1H3,(H,23,24). The molecular weight excluding hydrogens is 338 g/mol. The lowest BCUT2D eigenvalue weighted by molar-refractivity contribution is 0.0301. The molecule has 2 aromatic rings. The van der Waals surface area contributed by atoms with Crippen LogP contribution < -0.4 is 5.32 Å². The van der Waals surface area contributed by atoms with Gasteiger partial charge in [-0.25, -0.2) is 4.98 Å². The van der Waals surface area contributed by atoms with Gasteiger partial charge in [0.15, 0.2) is 0 Å². The molecule has 27 heavy (non-hydrogen) atoms. The van der Waals surface area contributed by atoms with E-state index in [9.17, 15) is 4.79 Å². The summed E-state index contributed by atoms with van der Waals surface area (Å²) in [6.07, 6.45) is 5.36. The fourth-order valence-corrected chi connectivity index (χ4v) is 4.97. The Labute approximate surface area is 159 Å². The summed E-state index contributed by atoms with van der Waals surface area (Å²) in [5.41, 5.74) is 5.63. The Kier molecular flexibility index (Phi) is 4.12. The number of rotatable bonds is 3. The Balaban J connectivity index is 1.53. The third kappa shape index (κ3) is 2.90. The topological polar surface area (TPSA) is 54.5 Å². The Morgan fingerprint density at radius 2 is 1.96 bits per heavy atom. The van der Waals surface area contributed by atoms with Gasteiger partial charge in [-0.1, -0.05) is 12.1 Å². The van der Waals surface area contributed by atoms with Gasteiger partial charge in [0.25, 0.3) is 5.91 Å². The highest BCUT2D eigenvalue weighted by Crippen LogP contribution is 2.56. The molecule has 1 aliphatic heterocycles. The molecule has 5 rings (SSSR count). The van der Waals surface area contributed by atoms with Gasteiger partial charge in [0, 0.05) is 30.5 Å². The number of amides is 1. The molecule has 1 amide bonds. The van der Waals surface area contributed by atoms with Crippen LogP contribution in [0.4, 0.5) is 11.5 Å². The zero-order chi connectivity index (χ0) is 18.4. The van der Waals surface area contributed by atoms with Crippen LogP contribution in [0.5, 0.6) is 0 Å². The first kappa shape index (κ1) is 16.8. The number of pyridine rings is 1. The maximum absolute atomic E-state index is 13.2. The third-order valence-corrected chi connectivity index (χ3v) is 6.22. The first-order valence-corrected chi connectivity index (χ1v) is 9.94. The van der Waals surface area contributed by atoms with Gasteiger partial charge >= 0.3 is 0 Å². The van der Waals surface area contributed by atoms with Gasteiger partial charge in [-0.3, -0.25) is 4.79 Å². The molecule has 1 saturated heterocycles. The molecule has 0 radical (unpaired) electrons. The predicted molar refractivity (Wildman–Crippen MR) is 105 cm³/mol. The van der Waals surface area contributed by atoms with Crippen molar-refractivity contribution in [1.82, 2.24) is 9.88 Å². The number of hydrogen-bond acceptors (Lipinski definition) is 4. The quantitative estimate of drug-likeness (QED) is 0.896. The number of ether oxygens (including phenoxy) is 1. The van der Waals surface area contributed by atoms with Crippen molar-refractivity contribution >= 4 is 17.4 Å². The molecule has 0 spiro atoms. The molecule has 1 N–H and O–H groups in total. The first-order chi connectivity index (χ1) is 13.2. The maximum Gasteiger partial charge on any atom is 0.255 e. The number of anilines is 2. The Hall–Kier alpha value is -2.40. The second-order valence-corrected chi connectivity index (χ2v) is 7.95.